The number of hydrogen-bond donors (Lipinski definition) is 2. The van der Waals surface area contributed by atoms with E-state index in [4.69, 9.17) is 25.7 Å². The highest BCUT2D eigenvalue weighted by molar-refractivity contribution is 9.10. The van der Waals surface area contributed by atoms with Crippen molar-refractivity contribution in [1.82, 2.24) is 20.9 Å². The van der Waals surface area contributed by atoms with Crippen LogP contribution in [-0.4, -0.2) is 29.3 Å². The summed E-state index contributed by atoms with van der Waals surface area (Å²) in [4.78, 5) is 11.2. The SMILES string of the molecule is CC(=O)NCCNCc1cc(Cl)c(OCc2cccc(-c3ccccc3)c2Br)cc1OCc1ccc2nonc2c1. The van der Waals surface area contributed by atoms with Gasteiger partial charge in [-0.3, -0.25) is 4.79 Å². The zero-order valence-corrected chi connectivity index (χ0v) is 24.7. The van der Waals surface area contributed by atoms with Crippen molar-refractivity contribution in [3.05, 3.63) is 105 Å². The average Bonchev–Trinajstić information content (AvgIpc) is 3.45. The lowest BCUT2D eigenvalue weighted by Crippen LogP contribution is -2.30. The van der Waals surface area contributed by atoms with E-state index in [2.05, 4.69) is 55.1 Å². The third-order valence-corrected chi connectivity index (χ3v) is 7.60. The number of nitrogens with zero attached hydrogens (tertiary/aromatic N) is 2. The number of aromatic nitrogens is 2. The molecule has 0 atom stereocenters. The topological polar surface area (TPSA) is 98.5 Å². The zero-order valence-electron chi connectivity index (χ0n) is 22.3. The van der Waals surface area contributed by atoms with E-state index in [1.54, 1.807) is 0 Å². The Morgan fingerprint density at radius 3 is 2.51 bits per heavy atom. The van der Waals surface area contributed by atoms with Gasteiger partial charge in [0.2, 0.25) is 5.91 Å². The van der Waals surface area contributed by atoms with Crippen LogP contribution in [0.1, 0.15) is 23.6 Å². The Labute approximate surface area is 251 Å². The molecular formula is C31H28BrClN4O4. The number of benzene rings is 4. The van der Waals surface area contributed by atoms with Crippen LogP contribution >= 0.6 is 27.5 Å². The van der Waals surface area contributed by atoms with Crippen LogP contribution in [0.3, 0.4) is 0 Å². The maximum absolute atomic E-state index is 11.2. The lowest BCUT2D eigenvalue weighted by molar-refractivity contribution is -0.118. The van der Waals surface area contributed by atoms with Gasteiger partial charge in [0.05, 0.1) is 5.02 Å². The van der Waals surface area contributed by atoms with Gasteiger partial charge in [-0.25, -0.2) is 4.63 Å². The summed E-state index contributed by atoms with van der Waals surface area (Å²) in [6, 6.07) is 25.6. The van der Waals surface area contributed by atoms with Gasteiger partial charge in [-0.2, -0.15) is 0 Å². The number of ether oxygens (including phenoxy) is 2. The predicted octanol–water partition coefficient (Wildman–Crippen LogP) is 6.69. The van der Waals surface area contributed by atoms with E-state index in [1.807, 2.05) is 60.7 Å². The van der Waals surface area contributed by atoms with Crippen LogP contribution in [0, 0.1) is 0 Å². The molecule has 0 unspecified atom stereocenters. The predicted molar refractivity (Wildman–Crippen MR) is 162 cm³/mol. The molecule has 0 bridgehead atoms. The Kier molecular flexibility index (Phi) is 9.51. The highest BCUT2D eigenvalue weighted by Crippen LogP contribution is 2.36. The second kappa shape index (κ2) is 13.6. The van der Waals surface area contributed by atoms with Gasteiger partial charge in [0.15, 0.2) is 0 Å². The molecule has 1 amide bonds. The number of carbonyl (C=O) groups is 1. The van der Waals surface area contributed by atoms with Crippen molar-refractivity contribution in [1.29, 1.82) is 0 Å². The minimum absolute atomic E-state index is 0.0689. The summed E-state index contributed by atoms with van der Waals surface area (Å²) in [5.41, 5.74) is 6.31. The second-order valence-electron chi connectivity index (χ2n) is 9.36. The van der Waals surface area contributed by atoms with Crippen molar-refractivity contribution in [2.45, 2.75) is 26.7 Å². The zero-order chi connectivity index (χ0) is 28.6. The maximum atomic E-state index is 11.2. The summed E-state index contributed by atoms with van der Waals surface area (Å²) in [5.74, 6) is 1.07. The number of hydrogen-bond acceptors (Lipinski definition) is 7. The molecule has 5 aromatic rings. The standard InChI is InChI=1S/C31H28BrClN4O4/c1-20(38)35-13-12-34-17-24-15-26(33)30(16-29(24)39-18-21-10-11-27-28(14-21)37-41-36-27)40-19-23-8-5-9-25(31(23)32)22-6-3-2-4-7-22/h2-11,14-16,34H,12-13,17-19H2,1H3,(H,35,38). The van der Waals surface area contributed by atoms with Crippen LogP contribution in [0.2, 0.25) is 5.02 Å². The highest BCUT2D eigenvalue weighted by atomic mass is 79.9. The van der Waals surface area contributed by atoms with Gasteiger partial charge in [0.25, 0.3) is 0 Å². The molecule has 1 aromatic heterocycles. The van der Waals surface area contributed by atoms with Gasteiger partial charge in [0.1, 0.15) is 35.7 Å². The minimum Gasteiger partial charge on any atom is -0.488 e. The lowest BCUT2D eigenvalue weighted by Gasteiger charge is -2.17. The molecule has 2 N–H and O–H groups in total. The third-order valence-electron chi connectivity index (χ3n) is 6.37. The van der Waals surface area contributed by atoms with Crippen LogP contribution in [0.15, 0.2) is 88.0 Å². The maximum Gasteiger partial charge on any atom is 0.216 e. The first-order valence-electron chi connectivity index (χ1n) is 13.0. The number of rotatable bonds is 12. The molecule has 0 saturated carbocycles. The van der Waals surface area contributed by atoms with Crippen LogP contribution in [0.25, 0.3) is 22.2 Å². The Morgan fingerprint density at radius 1 is 0.878 bits per heavy atom. The van der Waals surface area contributed by atoms with Gasteiger partial charge < -0.3 is 20.1 Å². The third kappa shape index (κ3) is 7.43. The molecule has 1 heterocycles. The van der Waals surface area contributed by atoms with E-state index < -0.39 is 0 Å². The molecular weight excluding hydrogens is 608 g/mol. The fraction of sp³-hybridized carbons (Fsp3) is 0.194. The highest BCUT2D eigenvalue weighted by Gasteiger charge is 2.14. The molecule has 5 rings (SSSR count). The largest absolute Gasteiger partial charge is 0.488 e. The van der Waals surface area contributed by atoms with Crippen LogP contribution in [-0.2, 0) is 24.6 Å². The molecule has 4 aromatic carbocycles. The fourth-order valence-corrected chi connectivity index (χ4v) is 5.12. The number of amides is 1. The normalized spacial score (nSPS) is 11.0. The molecule has 0 aliphatic rings. The molecule has 0 aliphatic carbocycles. The van der Waals surface area contributed by atoms with Crippen molar-refractivity contribution in [3.8, 4) is 22.6 Å². The van der Waals surface area contributed by atoms with Crippen LogP contribution < -0.4 is 20.1 Å². The Balaban J connectivity index is 1.34. The van der Waals surface area contributed by atoms with E-state index in [-0.39, 0.29) is 5.91 Å². The Morgan fingerprint density at radius 2 is 1.68 bits per heavy atom. The number of fused-ring (bicyclic) bond motifs is 1. The van der Waals surface area contributed by atoms with Crippen molar-refractivity contribution >= 4 is 44.5 Å². The minimum atomic E-state index is -0.0689. The van der Waals surface area contributed by atoms with Gasteiger partial charge in [-0.05, 0) is 61.1 Å². The number of carbonyl (C=O) groups excluding carboxylic acids is 1. The molecule has 210 valence electrons. The van der Waals surface area contributed by atoms with Gasteiger partial charge in [-0.1, -0.05) is 66.2 Å². The first kappa shape index (κ1) is 28.6. The van der Waals surface area contributed by atoms with E-state index in [1.165, 1.54) is 6.92 Å². The summed E-state index contributed by atoms with van der Waals surface area (Å²) in [6.45, 7) is 3.71. The summed E-state index contributed by atoms with van der Waals surface area (Å²) in [5, 5.41) is 14.3. The van der Waals surface area contributed by atoms with E-state index >= 15 is 0 Å². The van der Waals surface area contributed by atoms with Crippen molar-refractivity contribution in [3.63, 3.8) is 0 Å². The molecule has 8 nitrogen and oxygen atoms in total. The molecule has 0 fully saturated rings. The van der Waals surface area contributed by atoms with Crippen LogP contribution in [0.5, 0.6) is 11.5 Å². The van der Waals surface area contributed by atoms with Crippen molar-refractivity contribution in [2.75, 3.05) is 13.1 Å². The Bertz CT molecular complexity index is 1640. The summed E-state index contributed by atoms with van der Waals surface area (Å²) >= 11 is 10.4. The van der Waals surface area contributed by atoms with E-state index in [0.29, 0.717) is 60.4 Å². The van der Waals surface area contributed by atoms with Gasteiger partial charge in [-0.15, -0.1) is 0 Å². The summed E-state index contributed by atoms with van der Waals surface area (Å²) in [7, 11) is 0. The van der Waals surface area contributed by atoms with Crippen molar-refractivity contribution < 1.29 is 18.9 Å². The molecule has 0 aliphatic heterocycles. The van der Waals surface area contributed by atoms with Crippen LogP contribution in [0.4, 0.5) is 0 Å². The van der Waals surface area contributed by atoms with E-state index in [0.717, 1.165) is 32.3 Å². The lowest BCUT2D eigenvalue weighted by atomic mass is 10.0. The molecule has 0 radical (unpaired) electrons. The molecule has 0 spiro atoms. The molecule has 10 heteroatoms. The second-order valence-corrected chi connectivity index (χ2v) is 10.6. The van der Waals surface area contributed by atoms with Gasteiger partial charge in [0, 0.05) is 48.2 Å². The summed E-state index contributed by atoms with van der Waals surface area (Å²) < 4.78 is 18.2. The monoisotopic (exact) mass is 634 g/mol. The van der Waals surface area contributed by atoms with Gasteiger partial charge >= 0.3 is 0 Å². The van der Waals surface area contributed by atoms with E-state index in [9.17, 15) is 4.79 Å². The average molecular weight is 636 g/mol. The number of halogens is 2. The quantitative estimate of drug-likeness (QED) is 0.147. The molecule has 0 saturated heterocycles. The number of nitrogens with one attached hydrogen (secondary N) is 2. The summed E-state index contributed by atoms with van der Waals surface area (Å²) in [6.07, 6.45) is 0. The molecule has 41 heavy (non-hydrogen) atoms. The first-order valence-corrected chi connectivity index (χ1v) is 14.2. The Hall–Kier alpha value is -3.92. The first-order chi connectivity index (χ1) is 20.0. The fourth-order valence-electron chi connectivity index (χ4n) is 4.28. The van der Waals surface area contributed by atoms with Crippen molar-refractivity contribution in [2.24, 2.45) is 0 Å². The smallest absolute Gasteiger partial charge is 0.216 e.